The molecule has 4 rings (SSSR count). The van der Waals surface area contributed by atoms with E-state index in [1.54, 1.807) is 21.1 Å². The normalized spacial score (nSPS) is 15.7. The van der Waals surface area contributed by atoms with Crippen LogP contribution in [-0.4, -0.2) is 44.3 Å². The van der Waals surface area contributed by atoms with Crippen molar-refractivity contribution in [1.29, 1.82) is 0 Å². The monoisotopic (exact) mass is 475 g/mol. The third-order valence-corrected chi connectivity index (χ3v) is 6.29. The summed E-state index contributed by atoms with van der Waals surface area (Å²) in [5, 5.41) is 0. The van der Waals surface area contributed by atoms with Crippen LogP contribution < -0.4 is 18.9 Å². The second-order valence-electron chi connectivity index (χ2n) is 8.91. The molecule has 1 amide bonds. The Kier molecular flexibility index (Phi) is 7.49. The number of methoxy groups -OCH3 is 2. The van der Waals surface area contributed by atoms with Crippen molar-refractivity contribution in [2.45, 2.75) is 39.3 Å². The van der Waals surface area contributed by atoms with Crippen LogP contribution in [0.3, 0.4) is 0 Å². The van der Waals surface area contributed by atoms with Gasteiger partial charge in [-0.05, 0) is 85.8 Å². The Bertz CT molecular complexity index is 1160. The fraction of sp³-hybridized carbons (Fsp3) is 0.345. The van der Waals surface area contributed by atoms with Crippen molar-refractivity contribution in [1.82, 2.24) is 4.90 Å². The quantitative estimate of drug-likeness (QED) is 0.443. The van der Waals surface area contributed by atoms with Crippen LogP contribution in [-0.2, 0) is 11.2 Å². The molecule has 0 fully saturated rings. The van der Waals surface area contributed by atoms with E-state index in [-0.39, 0.29) is 11.9 Å². The smallest absolute Gasteiger partial charge is 0.263 e. The van der Waals surface area contributed by atoms with Gasteiger partial charge >= 0.3 is 0 Å². The molecule has 0 aromatic heterocycles. The molecule has 1 aliphatic heterocycles. The minimum absolute atomic E-state index is 0.0803. The fourth-order valence-electron chi connectivity index (χ4n) is 4.65. The van der Waals surface area contributed by atoms with Gasteiger partial charge < -0.3 is 23.8 Å². The molecule has 1 aliphatic rings. The van der Waals surface area contributed by atoms with E-state index in [4.69, 9.17) is 18.9 Å². The Morgan fingerprint density at radius 2 is 1.60 bits per heavy atom. The molecule has 0 bridgehead atoms. The maximum atomic E-state index is 13.6. The number of aryl methyl sites for hydroxylation is 2. The molecule has 1 heterocycles. The van der Waals surface area contributed by atoms with Crippen LogP contribution in [0.4, 0.5) is 0 Å². The van der Waals surface area contributed by atoms with E-state index in [0.29, 0.717) is 36.8 Å². The molecule has 3 aromatic carbocycles. The summed E-state index contributed by atoms with van der Waals surface area (Å²) in [6.07, 6.45) is 0.0716. The number of fused-ring (bicyclic) bond motifs is 1. The number of ether oxygens (including phenoxy) is 4. The molecule has 0 radical (unpaired) electrons. The molecule has 184 valence electrons. The Morgan fingerprint density at radius 1 is 0.943 bits per heavy atom. The fourth-order valence-corrected chi connectivity index (χ4v) is 4.65. The molecule has 0 unspecified atom stereocenters. The molecular weight excluding hydrogens is 442 g/mol. The predicted octanol–water partition coefficient (Wildman–Crippen LogP) is 5.29. The lowest BCUT2D eigenvalue weighted by Gasteiger charge is -2.38. The van der Waals surface area contributed by atoms with Crippen LogP contribution in [0.2, 0.25) is 0 Å². The number of carbonyl (C=O) groups excluding carboxylic acids is 1. The van der Waals surface area contributed by atoms with Crippen LogP contribution >= 0.6 is 0 Å². The predicted molar refractivity (Wildman–Crippen MR) is 136 cm³/mol. The minimum atomic E-state index is -0.636. The first kappa shape index (κ1) is 24.5. The first-order chi connectivity index (χ1) is 16.9. The topological polar surface area (TPSA) is 57.2 Å². The summed E-state index contributed by atoms with van der Waals surface area (Å²) in [6.45, 7) is 6.76. The van der Waals surface area contributed by atoms with Gasteiger partial charge in [0.15, 0.2) is 17.6 Å². The van der Waals surface area contributed by atoms with Gasteiger partial charge in [-0.2, -0.15) is 0 Å². The van der Waals surface area contributed by atoms with E-state index in [0.717, 1.165) is 28.0 Å². The van der Waals surface area contributed by atoms with E-state index in [1.165, 1.54) is 0 Å². The third-order valence-electron chi connectivity index (χ3n) is 6.29. The summed E-state index contributed by atoms with van der Waals surface area (Å²) in [5.41, 5.74) is 4.39. The number of hydrogen-bond acceptors (Lipinski definition) is 5. The van der Waals surface area contributed by atoms with Gasteiger partial charge in [0.05, 0.1) is 20.3 Å². The average molecular weight is 476 g/mol. The minimum Gasteiger partial charge on any atom is -0.493 e. The van der Waals surface area contributed by atoms with E-state index < -0.39 is 6.10 Å². The maximum absolute atomic E-state index is 13.6. The highest BCUT2D eigenvalue weighted by Gasteiger charge is 2.35. The number of nitrogens with zero attached hydrogens (tertiary/aromatic N) is 1. The van der Waals surface area contributed by atoms with Crippen molar-refractivity contribution in [3.63, 3.8) is 0 Å². The zero-order valence-corrected chi connectivity index (χ0v) is 21.0. The van der Waals surface area contributed by atoms with Crippen molar-refractivity contribution in [2.75, 3.05) is 27.4 Å². The van der Waals surface area contributed by atoms with Crippen LogP contribution in [0.1, 0.15) is 35.2 Å². The number of amides is 1. The SMILES string of the molecule is COc1cc2c(cc1OC)[C@@H](COc1cc(C)cc(C)c1)N(C(=O)[C@H](C)Oc1ccccc1)CC2. The molecule has 0 saturated carbocycles. The van der Waals surface area contributed by atoms with Crippen molar-refractivity contribution >= 4 is 5.91 Å². The first-order valence-electron chi connectivity index (χ1n) is 11.9. The Morgan fingerprint density at radius 3 is 2.26 bits per heavy atom. The summed E-state index contributed by atoms with van der Waals surface area (Å²) in [6, 6.07) is 19.2. The summed E-state index contributed by atoms with van der Waals surface area (Å²) < 4.78 is 23.3. The average Bonchev–Trinajstić information content (AvgIpc) is 2.85. The van der Waals surface area contributed by atoms with Crippen molar-refractivity contribution < 1.29 is 23.7 Å². The molecule has 6 nitrogen and oxygen atoms in total. The summed E-state index contributed by atoms with van der Waals surface area (Å²) in [5.74, 6) is 2.69. The molecular formula is C29H33NO5. The van der Waals surface area contributed by atoms with Gasteiger partial charge in [0.25, 0.3) is 5.91 Å². The van der Waals surface area contributed by atoms with Gasteiger partial charge in [-0.15, -0.1) is 0 Å². The summed E-state index contributed by atoms with van der Waals surface area (Å²) >= 11 is 0. The van der Waals surface area contributed by atoms with Gasteiger partial charge in [-0.25, -0.2) is 0 Å². The van der Waals surface area contributed by atoms with E-state index in [9.17, 15) is 4.79 Å². The summed E-state index contributed by atoms with van der Waals surface area (Å²) in [7, 11) is 3.25. The lowest BCUT2D eigenvalue weighted by molar-refractivity contribution is -0.141. The van der Waals surface area contributed by atoms with Crippen molar-refractivity contribution in [3.8, 4) is 23.0 Å². The Balaban J connectivity index is 1.64. The van der Waals surface area contributed by atoms with Crippen LogP contribution in [0.15, 0.2) is 60.7 Å². The van der Waals surface area contributed by atoms with Crippen LogP contribution in [0, 0.1) is 13.8 Å². The van der Waals surface area contributed by atoms with E-state index in [1.807, 2.05) is 73.3 Å². The zero-order valence-electron chi connectivity index (χ0n) is 21.0. The molecule has 6 heteroatoms. The van der Waals surface area contributed by atoms with Gasteiger partial charge in [0, 0.05) is 6.54 Å². The van der Waals surface area contributed by atoms with Crippen LogP contribution in [0.5, 0.6) is 23.0 Å². The maximum Gasteiger partial charge on any atom is 0.263 e. The van der Waals surface area contributed by atoms with Gasteiger partial charge in [0.2, 0.25) is 0 Å². The number of hydrogen-bond donors (Lipinski definition) is 0. The Labute approximate surface area is 207 Å². The lowest BCUT2D eigenvalue weighted by Crippen LogP contribution is -2.47. The zero-order chi connectivity index (χ0) is 24.9. The number of rotatable bonds is 8. The second-order valence-corrected chi connectivity index (χ2v) is 8.91. The highest BCUT2D eigenvalue weighted by Crippen LogP contribution is 2.39. The highest BCUT2D eigenvalue weighted by atomic mass is 16.5. The number of para-hydroxylation sites is 1. The second kappa shape index (κ2) is 10.7. The molecule has 35 heavy (non-hydrogen) atoms. The number of benzene rings is 3. The van der Waals surface area contributed by atoms with Gasteiger partial charge in [-0.3, -0.25) is 4.79 Å². The first-order valence-corrected chi connectivity index (χ1v) is 11.9. The largest absolute Gasteiger partial charge is 0.493 e. The van der Waals surface area contributed by atoms with Gasteiger partial charge in [0.1, 0.15) is 18.1 Å². The highest BCUT2D eigenvalue weighted by molar-refractivity contribution is 5.82. The van der Waals surface area contributed by atoms with E-state index >= 15 is 0 Å². The van der Waals surface area contributed by atoms with Crippen molar-refractivity contribution in [2.24, 2.45) is 0 Å². The number of carbonyl (C=O) groups is 1. The third kappa shape index (κ3) is 5.53. The molecule has 0 N–H and O–H groups in total. The molecule has 0 aliphatic carbocycles. The van der Waals surface area contributed by atoms with Gasteiger partial charge in [-0.1, -0.05) is 24.3 Å². The van der Waals surface area contributed by atoms with E-state index in [2.05, 4.69) is 6.07 Å². The molecule has 0 spiro atoms. The van der Waals surface area contributed by atoms with Crippen LogP contribution in [0.25, 0.3) is 0 Å². The molecule has 0 saturated heterocycles. The molecule has 2 atom stereocenters. The Hall–Kier alpha value is -3.67. The lowest BCUT2D eigenvalue weighted by atomic mass is 9.91. The summed E-state index contributed by atoms with van der Waals surface area (Å²) in [4.78, 5) is 15.5. The standard InChI is InChI=1S/C29H33NO5/c1-19-13-20(2)15-24(14-19)34-18-26-25-17-28(33-5)27(32-4)16-22(25)11-12-30(26)29(31)21(3)35-23-9-7-6-8-10-23/h6-10,13-17,21,26H,11-12,18H2,1-5H3/t21-,26+/m0/s1. The van der Waals surface area contributed by atoms with Crippen molar-refractivity contribution in [3.05, 3.63) is 82.9 Å². The molecule has 3 aromatic rings.